The largest absolute Gasteiger partial charge is 0.506 e. The van der Waals surface area contributed by atoms with Crippen LogP contribution in [0.3, 0.4) is 0 Å². The molecule has 0 saturated carbocycles. The minimum atomic E-state index is -4.75. The fourth-order valence-electron chi connectivity index (χ4n) is 3.14. The summed E-state index contributed by atoms with van der Waals surface area (Å²) in [6.07, 6.45) is -8.60. The summed E-state index contributed by atoms with van der Waals surface area (Å²) in [6.45, 7) is 4.75. The monoisotopic (exact) mass is 532 g/mol. The number of nitrogens with one attached hydrogen (secondary N) is 2. The number of nitrogens with zero attached hydrogens (tertiary/aromatic N) is 2. The van der Waals surface area contributed by atoms with Gasteiger partial charge >= 0.3 is 18.4 Å². The molecule has 3 aromatic rings. The second-order valence-electron chi connectivity index (χ2n) is 8.74. The van der Waals surface area contributed by atoms with Gasteiger partial charge in [0, 0.05) is 23.5 Å². The molecule has 3 rings (SSSR count). The molecule has 0 fully saturated rings. The van der Waals surface area contributed by atoms with Crippen molar-refractivity contribution in [2.75, 3.05) is 13.2 Å². The number of carbonyl (C=O) groups excluding carboxylic acids is 1. The number of aromatic hydroxyl groups is 1. The number of amides is 1. The van der Waals surface area contributed by atoms with Crippen LogP contribution in [0, 0.1) is 0 Å². The zero-order valence-corrected chi connectivity index (χ0v) is 19.7. The maximum atomic E-state index is 13.3. The predicted molar refractivity (Wildman–Crippen MR) is 119 cm³/mol. The van der Waals surface area contributed by atoms with Crippen LogP contribution in [0.15, 0.2) is 36.7 Å². The quantitative estimate of drug-likeness (QED) is 0.274. The van der Waals surface area contributed by atoms with Crippen LogP contribution < -0.4 is 10.1 Å². The third kappa shape index (κ3) is 7.05. The molecule has 2 heterocycles. The fraction of sp³-hybridized carbons (Fsp3) is 0.348. The standard InChI is InChI=1S/C23H22F6N4O4/c1-21(2,3)37-20(35)31-6-7-36-16-5-4-14(15-9-17(33-32-15)23(27,28)29)19(34)18(16)12-8-13(11-30-10-12)22(24,25)26/h4-5,8-11,34H,6-7H2,1-3H3,(H,31,35)(H,32,33). The number of alkyl carbamates (subject to hydrolysis) is 1. The van der Waals surface area contributed by atoms with Crippen molar-refractivity contribution < 1.29 is 45.7 Å². The van der Waals surface area contributed by atoms with E-state index in [4.69, 9.17) is 9.47 Å². The number of pyridine rings is 1. The average molecular weight is 532 g/mol. The Bertz CT molecular complexity index is 1270. The second kappa shape index (κ2) is 10.2. The molecular weight excluding hydrogens is 510 g/mol. The summed E-state index contributed by atoms with van der Waals surface area (Å²) in [5.74, 6) is -0.793. The molecule has 0 atom stereocenters. The van der Waals surface area contributed by atoms with Gasteiger partial charge in [-0.1, -0.05) is 0 Å². The summed E-state index contributed by atoms with van der Waals surface area (Å²) in [6, 6.07) is 3.81. The molecule has 2 aromatic heterocycles. The Morgan fingerprint density at radius 2 is 1.76 bits per heavy atom. The Balaban J connectivity index is 1.97. The van der Waals surface area contributed by atoms with Gasteiger partial charge in [-0.25, -0.2) is 4.79 Å². The number of ether oxygens (including phenoxy) is 2. The molecule has 0 aliphatic heterocycles. The molecule has 14 heteroatoms. The first-order valence-electron chi connectivity index (χ1n) is 10.7. The molecule has 1 amide bonds. The number of phenols is 1. The van der Waals surface area contributed by atoms with Crippen molar-refractivity contribution in [2.45, 2.75) is 38.7 Å². The van der Waals surface area contributed by atoms with Gasteiger partial charge in [-0.2, -0.15) is 31.4 Å². The van der Waals surface area contributed by atoms with Crippen molar-refractivity contribution in [3.05, 3.63) is 47.9 Å². The van der Waals surface area contributed by atoms with E-state index >= 15 is 0 Å². The zero-order chi connectivity index (χ0) is 27.6. The first-order valence-corrected chi connectivity index (χ1v) is 10.7. The SMILES string of the molecule is CC(C)(C)OC(=O)NCCOc1ccc(-c2cc(C(F)(F)F)[nH]n2)c(O)c1-c1cncc(C(F)(F)F)c1. The Morgan fingerprint density at radius 1 is 1.05 bits per heavy atom. The van der Waals surface area contributed by atoms with Crippen molar-refractivity contribution in [3.63, 3.8) is 0 Å². The van der Waals surface area contributed by atoms with Gasteiger partial charge in [0.2, 0.25) is 0 Å². The predicted octanol–water partition coefficient (Wildman–Crippen LogP) is 5.79. The highest BCUT2D eigenvalue weighted by atomic mass is 19.4. The van der Waals surface area contributed by atoms with Crippen molar-refractivity contribution in [1.82, 2.24) is 20.5 Å². The summed E-state index contributed by atoms with van der Waals surface area (Å²) in [5.41, 5.74) is -4.01. The van der Waals surface area contributed by atoms with Crippen LogP contribution in [0.4, 0.5) is 31.1 Å². The Hall–Kier alpha value is -3.97. The number of carbonyl (C=O) groups is 1. The van der Waals surface area contributed by atoms with Gasteiger partial charge in [-0.15, -0.1) is 0 Å². The van der Waals surface area contributed by atoms with Gasteiger partial charge in [0.05, 0.1) is 23.4 Å². The van der Waals surface area contributed by atoms with Gasteiger partial charge < -0.3 is 19.9 Å². The van der Waals surface area contributed by atoms with Crippen molar-refractivity contribution >= 4 is 6.09 Å². The zero-order valence-electron chi connectivity index (χ0n) is 19.7. The number of aromatic amines is 1. The van der Waals surface area contributed by atoms with Gasteiger partial charge in [0.25, 0.3) is 0 Å². The van der Waals surface area contributed by atoms with Crippen LogP contribution in [-0.2, 0) is 17.1 Å². The van der Waals surface area contributed by atoms with E-state index < -0.39 is 41.1 Å². The minimum Gasteiger partial charge on any atom is -0.506 e. The molecule has 0 radical (unpaired) electrons. The molecule has 0 bridgehead atoms. The lowest BCUT2D eigenvalue weighted by Crippen LogP contribution is -2.34. The summed E-state index contributed by atoms with van der Waals surface area (Å²) in [7, 11) is 0. The number of benzene rings is 1. The van der Waals surface area contributed by atoms with Gasteiger partial charge in [-0.3, -0.25) is 10.1 Å². The number of alkyl halides is 6. The lowest BCUT2D eigenvalue weighted by atomic mass is 9.98. The Morgan fingerprint density at radius 3 is 2.35 bits per heavy atom. The van der Waals surface area contributed by atoms with E-state index in [1.165, 1.54) is 12.1 Å². The maximum absolute atomic E-state index is 13.3. The van der Waals surface area contributed by atoms with E-state index in [-0.39, 0.29) is 41.3 Å². The molecule has 0 aliphatic rings. The van der Waals surface area contributed by atoms with Crippen LogP contribution in [0.5, 0.6) is 11.5 Å². The van der Waals surface area contributed by atoms with E-state index in [2.05, 4.69) is 15.4 Å². The maximum Gasteiger partial charge on any atom is 0.432 e. The topological polar surface area (TPSA) is 109 Å². The van der Waals surface area contributed by atoms with Crippen molar-refractivity contribution in [2.24, 2.45) is 0 Å². The van der Waals surface area contributed by atoms with Crippen LogP contribution in [0.2, 0.25) is 0 Å². The molecule has 8 nitrogen and oxygen atoms in total. The molecule has 200 valence electrons. The number of hydrogen-bond acceptors (Lipinski definition) is 6. The van der Waals surface area contributed by atoms with E-state index in [1.54, 1.807) is 20.8 Å². The number of H-pyrrole nitrogens is 1. The number of aromatic nitrogens is 3. The van der Waals surface area contributed by atoms with E-state index in [0.29, 0.717) is 18.3 Å². The van der Waals surface area contributed by atoms with Gasteiger partial charge in [0.15, 0.2) is 0 Å². The highest BCUT2D eigenvalue weighted by molar-refractivity contribution is 5.85. The molecule has 0 saturated heterocycles. The van der Waals surface area contributed by atoms with Crippen molar-refractivity contribution in [1.29, 1.82) is 0 Å². The third-order valence-electron chi connectivity index (χ3n) is 4.68. The van der Waals surface area contributed by atoms with E-state index in [1.807, 2.05) is 5.10 Å². The van der Waals surface area contributed by atoms with Crippen LogP contribution in [0.25, 0.3) is 22.4 Å². The van der Waals surface area contributed by atoms with Crippen LogP contribution >= 0.6 is 0 Å². The summed E-state index contributed by atoms with van der Waals surface area (Å²) < 4.78 is 89.5. The highest BCUT2D eigenvalue weighted by Gasteiger charge is 2.34. The summed E-state index contributed by atoms with van der Waals surface area (Å²) in [5, 5.41) is 18.7. The summed E-state index contributed by atoms with van der Waals surface area (Å²) >= 11 is 0. The molecule has 0 unspecified atom stereocenters. The van der Waals surface area contributed by atoms with Gasteiger partial charge in [-0.05, 0) is 45.0 Å². The number of halogens is 6. The average Bonchev–Trinajstić information content (AvgIpc) is 3.26. The first-order chi connectivity index (χ1) is 17.1. The lowest BCUT2D eigenvalue weighted by molar-refractivity contribution is -0.141. The smallest absolute Gasteiger partial charge is 0.432 e. The lowest BCUT2D eigenvalue weighted by Gasteiger charge is -2.20. The molecule has 37 heavy (non-hydrogen) atoms. The number of hydrogen-bond donors (Lipinski definition) is 3. The molecule has 0 aliphatic carbocycles. The fourth-order valence-corrected chi connectivity index (χ4v) is 3.14. The van der Waals surface area contributed by atoms with Crippen LogP contribution in [0.1, 0.15) is 32.0 Å². The van der Waals surface area contributed by atoms with Gasteiger partial charge in [0.1, 0.15) is 29.4 Å². The van der Waals surface area contributed by atoms with Crippen molar-refractivity contribution in [3.8, 4) is 33.9 Å². The number of rotatable bonds is 6. The third-order valence-corrected chi connectivity index (χ3v) is 4.68. The normalized spacial score (nSPS) is 12.4. The first kappa shape index (κ1) is 27.6. The van der Waals surface area contributed by atoms with E-state index in [9.17, 15) is 36.2 Å². The molecule has 1 aromatic carbocycles. The Labute approximate surface area is 206 Å². The number of phenolic OH excluding ortho intramolecular Hbond substituents is 1. The highest BCUT2D eigenvalue weighted by Crippen LogP contribution is 2.45. The van der Waals surface area contributed by atoms with E-state index in [0.717, 1.165) is 6.20 Å². The molecule has 3 N–H and O–H groups in total. The summed E-state index contributed by atoms with van der Waals surface area (Å²) in [4.78, 5) is 15.4. The van der Waals surface area contributed by atoms with Crippen LogP contribution in [-0.4, -0.2) is 45.1 Å². The molecule has 0 spiro atoms. The minimum absolute atomic E-state index is 0.0635. The Kier molecular flexibility index (Phi) is 7.60. The molecular formula is C23H22F6N4O4. The second-order valence-corrected chi connectivity index (χ2v) is 8.74.